The molecule has 2 nitrogen and oxygen atoms in total. The summed E-state index contributed by atoms with van der Waals surface area (Å²) in [4.78, 5) is 0. The zero-order valence-electron chi connectivity index (χ0n) is 9.47. The quantitative estimate of drug-likeness (QED) is 0.851. The van der Waals surface area contributed by atoms with E-state index in [1.165, 1.54) is 5.56 Å². The maximum atomic E-state index is 10.3. The van der Waals surface area contributed by atoms with Crippen LogP contribution in [0.2, 0.25) is 0 Å². The number of fused-ring (bicyclic) bond motifs is 1. The van der Waals surface area contributed by atoms with E-state index in [0.29, 0.717) is 0 Å². The summed E-state index contributed by atoms with van der Waals surface area (Å²) in [5, 5.41) is 17.8. The van der Waals surface area contributed by atoms with Crippen molar-refractivity contribution in [3.05, 3.63) is 52.2 Å². The van der Waals surface area contributed by atoms with Crippen molar-refractivity contribution in [2.24, 2.45) is 0 Å². The molecule has 2 N–H and O–H groups in total. The summed E-state index contributed by atoms with van der Waals surface area (Å²) in [7, 11) is 0. The zero-order valence-corrected chi connectivity index (χ0v) is 10.3. The Balaban J connectivity index is 1.80. The molecular formula is C14H15NOS. The van der Waals surface area contributed by atoms with Crippen LogP contribution in [0.3, 0.4) is 0 Å². The van der Waals surface area contributed by atoms with Crippen molar-refractivity contribution in [2.75, 3.05) is 5.32 Å². The van der Waals surface area contributed by atoms with Crippen molar-refractivity contribution in [1.29, 1.82) is 0 Å². The third-order valence-electron chi connectivity index (χ3n) is 3.35. The normalized spacial score (nSPS) is 20.4. The summed E-state index contributed by atoms with van der Waals surface area (Å²) in [6, 6.07) is 10.5. The molecular weight excluding hydrogens is 230 g/mol. The van der Waals surface area contributed by atoms with E-state index >= 15 is 0 Å². The van der Waals surface area contributed by atoms with Crippen LogP contribution in [-0.4, -0.2) is 11.1 Å². The predicted octanol–water partition coefficient (Wildman–Crippen LogP) is 3.21. The van der Waals surface area contributed by atoms with Crippen molar-refractivity contribution in [2.45, 2.75) is 25.0 Å². The van der Waals surface area contributed by atoms with Crippen LogP contribution < -0.4 is 5.32 Å². The number of hydrogen-bond acceptors (Lipinski definition) is 3. The number of thiophene rings is 1. The van der Waals surface area contributed by atoms with E-state index in [0.717, 1.165) is 24.1 Å². The average Bonchev–Trinajstić information content (AvgIpc) is 2.91. The van der Waals surface area contributed by atoms with Crippen LogP contribution in [0, 0.1) is 0 Å². The Hall–Kier alpha value is -1.32. The van der Waals surface area contributed by atoms with Gasteiger partial charge in [-0.25, -0.2) is 0 Å². The molecule has 2 heterocycles. The molecule has 0 saturated carbocycles. The highest BCUT2D eigenvalue weighted by atomic mass is 32.1. The fourth-order valence-electron chi connectivity index (χ4n) is 2.37. The van der Waals surface area contributed by atoms with Gasteiger partial charge in [0.25, 0.3) is 0 Å². The molecule has 0 spiro atoms. The molecule has 0 bridgehead atoms. The van der Waals surface area contributed by atoms with Crippen molar-refractivity contribution >= 4 is 17.0 Å². The molecule has 0 amide bonds. The molecule has 0 fully saturated rings. The van der Waals surface area contributed by atoms with E-state index in [4.69, 9.17) is 0 Å². The van der Waals surface area contributed by atoms with Crippen LogP contribution in [0.5, 0.6) is 0 Å². The molecule has 3 heteroatoms. The second kappa shape index (κ2) is 4.51. The van der Waals surface area contributed by atoms with Gasteiger partial charge in [-0.15, -0.1) is 0 Å². The standard InChI is InChI=1S/C14H15NOS/c16-14(11-7-8-17-9-11)13-6-5-10-3-1-2-4-12(10)15-13/h1-4,7-9,13-16H,5-6H2. The van der Waals surface area contributed by atoms with Crippen LogP contribution in [0.15, 0.2) is 41.1 Å². The van der Waals surface area contributed by atoms with Gasteiger partial charge in [-0.1, -0.05) is 18.2 Å². The highest BCUT2D eigenvalue weighted by Crippen LogP contribution is 2.31. The third kappa shape index (κ3) is 2.08. The Kier molecular flexibility index (Phi) is 2.87. The first-order valence-corrected chi connectivity index (χ1v) is 6.83. The van der Waals surface area contributed by atoms with Gasteiger partial charge in [0.1, 0.15) is 0 Å². The van der Waals surface area contributed by atoms with Gasteiger partial charge >= 0.3 is 0 Å². The van der Waals surface area contributed by atoms with Crippen LogP contribution in [0.4, 0.5) is 5.69 Å². The van der Waals surface area contributed by atoms with Crippen molar-refractivity contribution in [1.82, 2.24) is 0 Å². The summed E-state index contributed by atoms with van der Waals surface area (Å²) in [5.74, 6) is 0. The molecule has 2 atom stereocenters. The molecule has 0 saturated heterocycles. The number of aliphatic hydroxyl groups is 1. The second-order valence-electron chi connectivity index (χ2n) is 4.45. The van der Waals surface area contributed by atoms with Crippen LogP contribution in [0.25, 0.3) is 0 Å². The van der Waals surface area contributed by atoms with Gasteiger partial charge in [0, 0.05) is 5.69 Å². The van der Waals surface area contributed by atoms with Gasteiger partial charge in [0.05, 0.1) is 12.1 Å². The van der Waals surface area contributed by atoms with E-state index < -0.39 is 6.10 Å². The molecule has 1 aliphatic heterocycles. The van der Waals surface area contributed by atoms with Crippen LogP contribution >= 0.6 is 11.3 Å². The average molecular weight is 245 g/mol. The van der Waals surface area contributed by atoms with Gasteiger partial charge in [0.15, 0.2) is 0 Å². The Bertz CT molecular complexity index is 495. The van der Waals surface area contributed by atoms with E-state index in [1.54, 1.807) is 11.3 Å². The summed E-state index contributed by atoms with van der Waals surface area (Å²) in [5.41, 5.74) is 3.53. The number of aliphatic hydroxyl groups excluding tert-OH is 1. The van der Waals surface area contributed by atoms with Crippen molar-refractivity contribution < 1.29 is 5.11 Å². The summed E-state index contributed by atoms with van der Waals surface area (Å²) in [6.45, 7) is 0. The lowest BCUT2D eigenvalue weighted by Crippen LogP contribution is -2.31. The molecule has 0 aliphatic carbocycles. The van der Waals surface area contributed by atoms with Gasteiger partial charge < -0.3 is 10.4 Å². The van der Waals surface area contributed by atoms with Gasteiger partial charge in [-0.3, -0.25) is 0 Å². The minimum absolute atomic E-state index is 0.125. The summed E-state index contributed by atoms with van der Waals surface area (Å²) < 4.78 is 0. The first-order valence-electron chi connectivity index (χ1n) is 5.89. The monoisotopic (exact) mass is 245 g/mol. The largest absolute Gasteiger partial charge is 0.386 e. The Morgan fingerprint density at radius 1 is 1.29 bits per heavy atom. The molecule has 2 unspecified atom stereocenters. The topological polar surface area (TPSA) is 32.3 Å². The van der Waals surface area contributed by atoms with E-state index in [-0.39, 0.29) is 6.04 Å². The minimum Gasteiger partial charge on any atom is -0.386 e. The Morgan fingerprint density at radius 2 is 2.18 bits per heavy atom. The molecule has 1 aromatic carbocycles. The zero-order chi connectivity index (χ0) is 11.7. The predicted molar refractivity (Wildman–Crippen MR) is 71.5 cm³/mol. The third-order valence-corrected chi connectivity index (χ3v) is 4.05. The lowest BCUT2D eigenvalue weighted by Gasteiger charge is -2.30. The van der Waals surface area contributed by atoms with Gasteiger partial charge in [-0.2, -0.15) is 11.3 Å². The molecule has 2 aromatic rings. The highest BCUT2D eigenvalue weighted by Gasteiger charge is 2.25. The number of benzene rings is 1. The first-order chi connectivity index (χ1) is 8.34. The SMILES string of the molecule is OC(c1ccsc1)C1CCc2ccccc2N1. The second-order valence-corrected chi connectivity index (χ2v) is 5.23. The molecule has 3 rings (SSSR count). The molecule has 1 aromatic heterocycles. The van der Waals surface area contributed by atoms with Gasteiger partial charge in [0.2, 0.25) is 0 Å². The van der Waals surface area contributed by atoms with Gasteiger partial charge in [-0.05, 0) is 46.9 Å². The van der Waals surface area contributed by atoms with E-state index in [9.17, 15) is 5.11 Å². The first kappa shape index (κ1) is 10.8. The fraction of sp³-hybridized carbons (Fsp3) is 0.286. The smallest absolute Gasteiger partial charge is 0.0999 e. The molecule has 1 aliphatic rings. The van der Waals surface area contributed by atoms with Crippen molar-refractivity contribution in [3.8, 4) is 0 Å². The van der Waals surface area contributed by atoms with E-state index in [1.807, 2.05) is 22.9 Å². The number of para-hydroxylation sites is 1. The fourth-order valence-corrected chi connectivity index (χ4v) is 3.06. The van der Waals surface area contributed by atoms with Crippen LogP contribution in [-0.2, 0) is 6.42 Å². The Labute approximate surface area is 105 Å². The number of anilines is 1. The van der Waals surface area contributed by atoms with Crippen LogP contribution in [0.1, 0.15) is 23.7 Å². The minimum atomic E-state index is -0.408. The molecule has 17 heavy (non-hydrogen) atoms. The number of hydrogen-bond donors (Lipinski definition) is 2. The summed E-state index contributed by atoms with van der Waals surface area (Å²) >= 11 is 1.63. The maximum absolute atomic E-state index is 10.3. The maximum Gasteiger partial charge on any atom is 0.0999 e. The lowest BCUT2D eigenvalue weighted by molar-refractivity contribution is 0.149. The van der Waals surface area contributed by atoms with Crippen molar-refractivity contribution in [3.63, 3.8) is 0 Å². The lowest BCUT2D eigenvalue weighted by atomic mass is 9.93. The van der Waals surface area contributed by atoms with E-state index in [2.05, 4.69) is 23.5 Å². The Morgan fingerprint density at radius 3 is 3.00 bits per heavy atom. The number of rotatable bonds is 2. The highest BCUT2D eigenvalue weighted by molar-refractivity contribution is 7.07. The summed E-state index contributed by atoms with van der Waals surface area (Å²) in [6.07, 6.45) is 1.61. The molecule has 88 valence electrons. The number of aryl methyl sites for hydroxylation is 1. The number of nitrogens with one attached hydrogen (secondary N) is 1. The molecule has 0 radical (unpaired) electrons.